The third kappa shape index (κ3) is 4.96. The number of allylic oxidation sites excluding steroid dienone is 1. The molecule has 2 heterocycles. The summed E-state index contributed by atoms with van der Waals surface area (Å²) >= 11 is 0. The molecule has 34 heavy (non-hydrogen) atoms. The minimum absolute atomic E-state index is 0.0677. The first-order valence-electron chi connectivity index (χ1n) is 11.0. The fraction of sp³-hybridized carbons (Fsp3) is 0.269. The molecule has 176 valence electrons. The van der Waals surface area contributed by atoms with Crippen LogP contribution in [0.15, 0.2) is 58.8 Å². The fourth-order valence-corrected chi connectivity index (χ4v) is 3.68. The van der Waals surface area contributed by atoms with E-state index in [1.165, 1.54) is 10.6 Å². The third-order valence-corrected chi connectivity index (χ3v) is 5.31. The number of carbonyl (C=O) groups excluding carboxylic acids is 1. The summed E-state index contributed by atoms with van der Waals surface area (Å²) in [5, 5.41) is 9.56. The zero-order valence-corrected chi connectivity index (χ0v) is 19.7. The first-order chi connectivity index (χ1) is 16.4. The van der Waals surface area contributed by atoms with Gasteiger partial charge in [0.05, 0.1) is 12.7 Å². The first kappa shape index (κ1) is 23.1. The standard InChI is InChI=1S/C26H27N3O5/c1-5-18-10-16(2)11-20(13-18)32-8-9-33-22-7-6-19(15-23(22)31-4)14-21-25(27)29-24(28-26(21)30)12-17(3)34-29/h6-7,10-15,27H,5,8-9H2,1-4H3/b21-14+,27-25?. The lowest BCUT2D eigenvalue weighted by molar-refractivity contribution is -0.114. The molecule has 1 N–H and O–H groups in total. The van der Waals surface area contributed by atoms with E-state index in [-0.39, 0.29) is 11.4 Å². The van der Waals surface area contributed by atoms with Crippen LogP contribution in [0.1, 0.15) is 30.5 Å². The zero-order valence-electron chi connectivity index (χ0n) is 19.7. The van der Waals surface area contributed by atoms with Crippen molar-refractivity contribution in [3.63, 3.8) is 0 Å². The van der Waals surface area contributed by atoms with Gasteiger partial charge >= 0.3 is 0 Å². The molecule has 8 nitrogen and oxygen atoms in total. The summed E-state index contributed by atoms with van der Waals surface area (Å²) in [5.74, 6) is 2.20. The van der Waals surface area contributed by atoms with Crippen molar-refractivity contribution in [1.29, 1.82) is 5.41 Å². The zero-order chi connectivity index (χ0) is 24.2. The fourth-order valence-electron chi connectivity index (χ4n) is 3.68. The van der Waals surface area contributed by atoms with Crippen LogP contribution in [0.4, 0.5) is 0 Å². The second kappa shape index (κ2) is 9.82. The molecule has 1 amide bonds. The number of amidine groups is 2. The number of nitrogens with one attached hydrogen (secondary N) is 1. The number of methoxy groups -OCH3 is 1. The number of hydrogen-bond donors (Lipinski definition) is 1. The van der Waals surface area contributed by atoms with Gasteiger partial charge in [0.15, 0.2) is 23.2 Å². The van der Waals surface area contributed by atoms with Crippen molar-refractivity contribution in [3.05, 3.63) is 70.5 Å². The number of amides is 1. The predicted octanol–water partition coefficient (Wildman–Crippen LogP) is 4.47. The average Bonchev–Trinajstić information content (AvgIpc) is 3.19. The molecular formula is C26H27N3O5. The largest absolute Gasteiger partial charge is 0.493 e. The number of aryl methyl sites for hydroxylation is 2. The van der Waals surface area contributed by atoms with Crippen molar-refractivity contribution < 1.29 is 23.8 Å². The van der Waals surface area contributed by atoms with Crippen molar-refractivity contribution in [2.24, 2.45) is 4.99 Å². The van der Waals surface area contributed by atoms with Crippen LogP contribution >= 0.6 is 0 Å². The van der Waals surface area contributed by atoms with Gasteiger partial charge in [0, 0.05) is 6.08 Å². The Bertz CT molecular complexity index is 1230. The molecule has 0 radical (unpaired) electrons. The van der Waals surface area contributed by atoms with E-state index in [1.54, 1.807) is 44.4 Å². The molecule has 0 aliphatic carbocycles. The molecular weight excluding hydrogens is 434 g/mol. The van der Waals surface area contributed by atoms with Crippen molar-refractivity contribution in [3.8, 4) is 17.2 Å². The van der Waals surface area contributed by atoms with E-state index >= 15 is 0 Å². The van der Waals surface area contributed by atoms with E-state index in [4.69, 9.17) is 24.5 Å². The summed E-state index contributed by atoms with van der Waals surface area (Å²) in [4.78, 5) is 21.9. The van der Waals surface area contributed by atoms with E-state index in [0.29, 0.717) is 41.9 Å². The quantitative estimate of drug-likeness (QED) is 0.460. The molecule has 0 atom stereocenters. The Hall–Kier alpha value is -4.07. The van der Waals surface area contributed by atoms with E-state index in [0.717, 1.165) is 17.7 Å². The molecule has 2 aromatic rings. The molecule has 2 aliphatic rings. The number of rotatable bonds is 8. The van der Waals surface area contributed by atoms with Crippen LogP contribution in [0.5, 0.6) is 17.2 Å². The Morgan fingerprint density at radius 1 is 1.09 bits per heavy atom. The second-order valence-electron chi connectivity index (χ2n) is 7.94. The minimum Gasteiger partial charge on any atom is -0.493 e. The van der Waals surface area contributed by atoms with E-state index in [9.17, 15) is 4.79 Å². The second-order valence-corrected chi connectivity index (χ2v) is 7.94. The number of ether oxygens (including phenoxy) is 3. The SMILES string of the molecule is CCc1cc(C)cc(OCCOc2ccc(/C=C3\C(=N)N4OC(C)=CC4=NC3=O)cc2OC)c1. The van der Waals surface area contributed by atoms with Gasteiger partial charge in [-0.3, -0.25) is 10.2 Å². The van der Waals surface area contributed by atoms with E-state index in [2.05, 4.69) is 18.0 Å². The summed E-state index contributed by atoms with van der Waals surface area (Å²) in [5.41, 5.74) is 3.19. The minimum atomic E-state index is -0.496. The van der Waals surface area contributed by atoms with Gasteiger partial charge < -0.3 is 19.0 Å². The maximum Gasteiger partial charge on any atom is 0.282 e. The number of hydrogen-bond acceptors (Lipinski definition) is 6. The van der Waals surface area contributed by atoms with Crippen LogP contribution in [-0.4, -0.2) is 43.0 Å². The Morgan fingerprint density at radius 2 is 1.88 bits per heavy atom. The summed E-state index contributed by atoms with van der Waals surface area (Å²) in [6.45, 7) is 6.62. The summed E-state index contributed by atoms with van der Waals surface area (Å²) < 4.78 is 17.2. The molecule has 2 aromatic carbocycles. The van der Waals surface area contributed by atoms with E-state index < -0.39 is 5.91 Å². The molecule has 0 saturated heterocycles. The van der Waals surface area contributed by atoms with Crippen LogP contribution in [0.2, 0.25) is 0 Å². The Kier molecular flexibility index (Phi) is 6.67. The van der Waals surface area contributed by atoms with Gasteiger partial charge in [-0.1, -0.05) is 19.1 Å². The molecule has 0 unspecified atom stereocenters. The smallest absolute Gasteiger partial charge is 0.282 e. The first-order valence-corrected chi connectivity index (χ1v) is 11.0. The number of hydroxylamine groups is 2. The lowest BCUT2D eigenvalue weighted by Crippen LogP contribution is -2.38. The van der Waals surface area contributed by atoms with Gasteiger partial charge in [0.1, 0.15) is 24.7 Å². The van der Waals surface area contributed by atoms with Gasteiger partial charge in [-0.15, -0.1) is 5.06 Å². The molecule has 0 fully saturated rings. The van der Waals surface area contributed by atoms with Crippen LogP contribution in [0.3, 0.4) is 0 Å². The number of aliphatic imine (C=N–C) groups is 1. The molecule has 8 heteroatoms. The Balaban J connectivity index is 1.42. The Labute approximate surface area is 198 Å². The highest BCUT2D eigenvalue weighted by Crippen LogP contribution is 2.30. The lowest BCUT2D eigenvalue weighted by Gasteiger charge is -2.23. The summed E-state index contributed by atoms with van der Waals surface area (Å²) in [6.07, 6.45) is 4.15. The van der Waals surface area contributed by atoms with Crippen molar-refractivity contribution in [1.82, 2.24) is 5.06 Å². The topological polar surface area (TPSA) is 93.4 Å². The van der Waals surface area contributed by atoms with Gasteiger partial charge in [0.2, 0.25) is 0 Å². The highest BCUT2D eigenvalue weighted by Gasteiger charge is 2.34. The highest BCUT2D eigenvalue weighted by atomic mass is 16.7. The predicted molar refractivity (Wildman–Crippen MR) is 129 cm³/mol. The summed E-state index contributed by atoms with van der Waals surface area (Å²) in [7, 11) is 1.55. The maximum absolute atomic E-state index is 12.5. The monoisotopic (exact) mass is 461 g/mol. The van der Waals surface area contributed by atoms with Gasteiger partial charge in [-0.2, -0.15) is 4.99 Å². The number of nitrogens with zero attached hydrogens (tertiary/aromatic N) is 2. The van der Waals surface area contributed by atoms with Crippen LogP contribution in [-0.2, 0) is 16.1 Å². The number of fused-ring (bicyclic) bond motifs is 1. The van der Waals surface area contributed by atoms with Gasteiger partial charge in [-0.05, 0) is 67.3 Å². The van der Waals surface area contributed by atoms with Crippen molar-refractivity contribution >= 4 is 23.7 Å². The normalized spacial score (nSPS) is 16.1. The molecule has 0 saturated carbocycles. The molecule has 0 spiro atoms. The highest BCUT2D eigenvalue weighted by molar-refractivity contribution is 6.32. The van der Waals surface area contributed by atoms with Crippen LogP contribution < -0.4 is 14.2 Å². The number of carbonyl (C=O) groups is 1. The van der Waals surface area contributed by atoms with Crippen LogP contribution in [0.25, 0.3) is 6.08 Å². The lowest BCUT2D eigenvalue weighted by atomic mass is 10.1. The summed E-state index contributed by atoms with van der Waals surface area (Å²) in [6, 6.07) is 11.5. The van der Waals surface area contributed by atoms with E-state index in [1.807, 2.05) is 19.1 Å². The maximum atomic E-state index is 12.5. The molecule has 0 aromatic heterocycles. The van der Waals surface area contributed by atoms with Gasteiger partial charge in [0.25, 0.3) is 5.91 Å². The third-order valence-electron chi connectivity index (χ3n) is 5.31. The number of benzene rings is 2. The molecule has 4 rings (SSSR count). The molecule has 0 bridgehead atoms. The Morgan fingerprint density at radius 3 is 2.65 bits per heavy atom. The molecule has 2 aliphatic heterocycles. The average molecular weight is 462 g/mol. The van der Waals surface area contributed by atoms with Crippen LogP contribution in [0, 0.1) is 12.3 Å². The van der Waals surface area contributed by atoms with Crippen molar-refractivity contribution in [2.45, 2.75) is 27.2 Å². The van der Waals surface area contributed by atoms with Gasteiger partial charge in [-0.25, -0.2) is 0 Å². The van der Waals surface area contributed by atoms with Crippen molar-refractivity contribution in [2.75, 3.05) is 20.3 Å².